The first-order chi connectivity index (χ1) is 5.81. The van der Waals surface area contributed by atoms with Gasteiger partial charge in [-0.2, -0.15) is 0 Å². The second-order valence-electron chi connectivity index (χ2n) is 2.56. The molecule has 0 aromatic carbocycles. The Morgan fingerprint density at radius 1 is 1.58 bits per heavy atom. The molecule has 0 bridgehead atoms. The van der Waals surface area contributed by atoms with Gasteiger partial charge in [-0.05, 0) is 24.5 Å². The second-order valence-corrected chi connectivity index (χ2v) is 2.56. The Balaban J connectivity index is 2.85. The third-order valence-electron chi connectivity index (χ3n) is 1.74. The summed E-state index contributed by atoms with van der Waals surface area (Å²) >= 11 is 0. The average molecular weight is 157 g/mol. The topological polar surface area (TPSA) is 41.6 Å². The van der Waals surface area contributed by atoms with Gasteiger partial charge in [-0.1, -0.05) is 0 Å². The lowest BCUT2D eigenvalue weighted by Gasteiger charge is -1.90. The van der Waals surface area contributed by atoms with Crippen molar-refractivity contribution < 1.29 is 0 Å². The van der Waals surface area contributed by atoms with Crippen molar-refractivity contribution in [3.63, 3.8) is 0 Å². The number of terminal acetylenes is 1. The molecule has 0 radical (unpaired) electrons. The van der Waals surface area contributed by atoms with Gasteiger partial charge in [-0.15, -0.1) is 6.42 Å². The molecule has 1 N–H and O–H groups in total. The zero-order valence-electron chi connectivity index (χ0n) is 6.63. The Morgan fingerprint density at radius 2 is 2.42 bits per heavy atom. The molecular formula is C9H7N3. The predicted octanol–water partition coefficient (Wildman–Crippen LogP) is 1.25. The summed E-state index contributed by atoms with van der Waals surface area (Å²) in [4.78, 5) is 11.2. The molecular weight excluding hydrogens is 150 g/mol. The molecule has 0 unspecified atom stereocenters. The number of aromatic nitrogens is 3. The summed E-state index contributed by atoms with van der Waals surface area (Å²) in [6, 6.07) is 1.92. The first-order valence-corrected chi connectivity index (χ1v) is 3.59. The highest BCUT2D eigenvalue weighted by Crippen LogP contribution is 2.11. The molecule has 0 spiro atoms. The molecule has 0 fully saturated rings. The molecule has 2 heterocycles. The Bertz CT molecular complexity index is 462. The van der Waals surface area contributed by atoms with Crippen molar-refractivity contribution in [2.75, 3.05) is 0 Å². The number of nitrogens with zero attached hydrogens (tertiary/aromatic N) is 2. The summed E-state index contributed by atoms with van der Waals surface area (Å²) in [6.45, 7) is 1.99. The van der Waals surface area contributed by atoms with Crippen LogP contribution in [-0.4, -0.2) is 15.0 Å². The van der Waals surface area contributed by atoms with E-state index in [2.05, 4.69) is 20.9 Å². The minimum absolute atomic E-state index is 0.534. The molecule has 2 rings (SSSR count). The number of fused-ring (bicyclic) bond motifs is 1. The van der Waals surface area contributed by atoms with Gasteiger partial charge >= 0.3 is 0 Å². The number of imidazole rings is 1. The number of hydrogen-bond donors (Lipinski definition) is 1. The summed E-state index contributed by atoms with van der Waals surface area (Å²) < 4.78 is 0. The average Bonchev–Trinajstić information content (AvgIpc) is 2.49. The standard InChI is InChI=1S/C9H7N3/c1-3-7-11-8-6(2)4-5-10-9(8)12-7/h1,4-5H,2H3,(H,10,11,12). The lowest BCUT2D eigenvalue weighted by molar-refractivity contribution is 1.26. The van der Waals surface area contributed by atoms with Crippen LogP contribution in [0.2, 0.25) is 0 Å². The van der Waals surface area contributed by atoms with Gasteiger partial charge in [0.25, 0.3) is 0 Å². The normalized spacial score (nSPS) is 10.0. The van der Waals surface area contributed by atoms with E-state index in [0.717, 1.165) is 11.1 Å². The number of nitrogens with one attached hydrogen (secondary N) is 1. The minimum atomic E-state index is 0.534. The van der Waals surface area contributed by atoms with Crippen LogP contribution in [0, 0.1) is 19.3 Å². The van der Waals surface area contributed by atoms with Crippen LogP contribution in [0.25, 0.3) is 11.2 Å². The van der Waals surface area contributed by atoms with Gasteiger partial charge in [0, 0.05) is 6.20 Å². The van der Waals surface area contributed by atoms with Crippen LogP contribution in [0.1, 0.15) is 11.4 Å². The molecule has 2 aromatic heterocycles. The van der Waals surface area contributed by atoms with Gasteiger partial charge < -0.3 is 4.98 Å². The molecule has 58 valence electrons. The Labute approximate surface area is 69.9 Å². The predicted molar refractivity (Wildman–Crippen MR) is 46.6 cm³/mol. The number of H-pyrrole nitrogens is 1. The van der Waals surface area contributed by atoms with Crippen LogP contribution in [0.3, 0.4) is 0 Å². The fourth-order valence-corrected chi connectivity index (χ4v) is 1.10. The minimum Gasteiger partial charge on any atom is -0.330 e. The van der Waals surface area contributed by atoms with Crippen LogP contribution >= 0.6 is 0 Å². The fraction of sp³-hybridized carbons (Fsp3) is 0.111. The zero-order chi connectivity index (χ0) is 8.55. The van der Waals surface area contributed by atoms with Gasteiger partial charge in [0.2, 0.25) is 0 Å². The van der Waals surface area contributed by atoms with Crippen LogP contribution in [0.5, 0.6) is 0 Å². The number of pyridine rings is 1. The maximum atomic E-state index is 5.19. The summed E-state index contributed by atoms with van der Waals surface area (Å²) in [5.74, 6) is 2.97. The van der Waals surface area contributed by atoms with Crippen molar-refractivity contribution in [2.45, 2.75) is 6.92 Å². The van der Waals surface area contributed by atoms with Crippen molar-refractivity contribution in [2.24, 2.45) is 0 Å². The van der Waals surface area contributed by atoms with E-state index >= 15 is 0 Å². The lowest BCUT2D eigenvalue weighted by Crippen LogP contribution is -1.78. The van der Waals surface area contributed by atoms with E-state index in [0.29, 0.717) is 11.5 Å². The summed E-state index contributed by atoms with van der Waals surface area (Å²) in [7, 11) is 0. The molecule has 0 aliphatic heterocycles. The Hall–Kier alpha value is -1.82. The largest absolute Gasteiger partial charge is 0.330 e. The summed E-state index contributed by atoms with van der Waals surface area (Å²) in [5, 5.41) is 0. The van der Waals surface area contributed by atoms with Crippen molar-refractivity contribution >= 4 is 11.2 Å². The fourth-order valence-electron chi connectivity index (χ4n) is 1.10. The highest BCUT2D eigenvalue weighted by molar-refractivity contribution is 5.74. The van der Waals surface area contributed by atoms with Crippen molar-refractivity contribution in [1.29, 1.82) is 0 Å². The van der Waals surface area contributed by atoms with Crippen LogP contribution in [0.15, 0.2) is 12.3 Å². The third kappa shape index (κ3) is 0.857. The molecule has 0 saturated carbocycles. The molecule has 2 aromatic rings. The lowest BCUT2D eigenvalue weighted by atomic mass is 10.3. The first kappa shape index (κ1) is 6.86. The van der Waals surface area contributed by atoms with Gasteiger partial charge in [-0.25, -0.2) is 9.97 Å². The highest BCUT2D eigenvalue weighted by Gasteiger charge is 2.02. The van der Waals surface area contributed by atoms with E-state index in [1.807, 2.05) is 13.0 Å². The number of hydrogen-bond acceptors (Lipinski definition) is 2. The van der Waals surface area contributed by atoms with Gasteiger partial charge in [0.15, 0.2) is 11.5 Å². The van der Waals surface area contributed by atoms with E-state index in [1.54, 1.807) is 6.20 Å². The molecule has 0 saturated heterocycles. The molecule has 3 nitrogen and oxygen atoms in total. The monoisotopic (exact) mass is 157 g/mol. The van der Waals surface area contributed by atoms with Crippen molar-refractivity contribution in [3.8, 4) is 12.3 Å². The van der Waals surface area contributed by atoms with Gasteiger partial charge in [0.05, 0.1) is 5.52 Å². The second kappa shape index (κ2) is 2.35. The molecule has 0 amide bonds. The summed E-state index contributed by atoms with van der Waals surface area (Å²) in [5.41, 5.74) is 2.71. The van der Waals surface area contributed by atoms with Crippen LogP contribution < -0.4 is 0 Å². The van der Waals surface area contributed by atoms with Crippen molar-refractivity contribution in [1.82, 2.24) is 15.0 Å². The molecule has 0 aliphatic rings. The number of aryl methyl sites for hydroxylation is 1. The maximum Gasteiger partial charge on any atom is 0.185 e. The van der Waals surface area contributed by atoms with Gasteiger partial charge in [0.1, 0.15) is 0 Å². The van der Waals surface area contributed by atoms with Crippen molar-refractivity contribution in [3.05, 3.63) is 23.7 Å². The highest BCUT2D eigenvalue weighted by atomic mass is 15.0. The first-order valence-electron chi connectivity index (χ1n) is 3.59. The molecule has 0 aliphatic carbocycles. The number of rotatable bonds is 0. The Morgan fingerprint density at radius 3 is 3.08 bits per heavy atom. The van der Waals surface area contributed by atoms with E-state index in [4.69, 9.17) is 6.42 Å². The van der Waals surface area contributed by atoms with E-state index in [1.165, 1.54) is 0 Å². The quantitative estimate of drug-likeness (QED) is 0.585. The number of aromatic amines is 1. The maximum absolute atomic E-state index is 5.19. The Kier molecular flexibility index (Phi) is 1.34. The van der Waals surface area contributed by atoms with E-state index < -0.39 is 0 Å². The molecule has 3 heteroatoms. The summed E-state index contributed by atoms with van der Waals surface area (Å²) in [6.07, 6.45) is 6.91. The molecule has 0 atom stereocenters. The van der Waals surface area contributed by atoms with Crippen LogP contribution in [0.4, 0.5) is 0 Å². The van der Waals surface area contributed by atoms with E-state index in [-0.39, 0.29) is 0 Å². The van der Waals surface area contributed by atoms with Crippen LogP contribution in [-0.2, 0) is 0 Å². The SMILES string of the molecule is C#Cc1nc2nccc(C)c2[nH]1. The third-order valence-corrected chi connectivity index (χ3v) is 1.74. The smallest absolute Gasteiger partial charge is 0.185 e. The van der Waals surface area contributed by atoms with Gasteiger partial charge in [-0.3, -0.25) is 0 Å². The zero-order valence-corrected chi connectivity index (χ0v) is 6.63. The van der Waals surface area contributed by atoms with E-state index in [9.17, 15) is 0 Å². The molecule has 12 heavy (non-hydrogen) atoms.